The van der Waals surface area contributed by atoms with Crippen molar-refractivity contribution < 1.29 is 13.2 Å². The molecular weight excluding hydrogens is 452 g/mol. The monoisotopic (exact) mass is 474 g/mol. The van der Waals surface area contributed by atoms with E-state index in [0.29, 0.717) is 31.0 Å². The van der Waals surface area contributed by atoms with Crippen molar-refractivity contribution in [3.63, 3.8) is 0 Å². The molecule has 1 heterocycles. The second kappa shape index (κ2) is 8.42. The summed E-state index contributed by atoms with van der Waals surface area (Å²) in [5.74, 6) is -0.113. The zero-order valence-corrected chi connectivity index (χ0v) is 18.4. The summed E-state index contributed by atoms with van der Waals surface area (Å²) in [5, 5.41) is 2.94. The maximum Gasteiger partial charge on any atom is 0.248 e. The van der Waals surface area contributed by atoms with E-state index in [0.717, 1.165) is 46.0 Å². The molecule has 0 atom stereocenters. The van der Waals surface area contributed by atoms with Crippen LogP contribution in [0.25, 0.3) is 4.48 Å². The predicted molar refractivity (Wildman–Crippen MR) is 117 cm³/mol. The molecule has 4 rings (SSSR count). The van der Waals surface area contributed by atoms with Crippen molar-refractivity contribution in [3.8, 4) is 0 Å². The summed E-state index contributed by atoms with van der Waals surface area (Å²) < 4.78 is 27.9. The van der Waals surface area contributed by atoms with Crippen LogP contribution in [0.2, 0.25) is 0 Å². The van der Waals surface area contributed by atoms with Crippen LogP contribution in [0.15, 0.2) is 59.0 Å². The van der Waals surface area contributed by atoms with Crippen LogP contribution in [-0.2, 0) is 27.8 Å². The van der Waals surface area contributed by atoms with Gasteiger partial charge in [-0.25, -0.2) is 8.42 Å². The van der Waals surface area contributed by atoms with Gasteiger partial charge in [0.15, 0.2) is 0 Å². The van der Waals surface area contributed by atoms with Crippen LogP contribution in [0, 0.1) is 0 Å². The molecule has 0 spiro atoms. The Labute approximate surface area is 180 Å². The van der Waals surface area contributed by atoms with Crippen molar-refractivity contribution in [2.45, 2.75) is 37.1 Å². The Morgan fingerprint density at radius 3 is 2.38 bits per heavy atom. The fraction of sp³-hybridized carbons (Fsp3) is 0.318. The molecule has 7 heteroatoms. The third kappa shape index (κ3) is 4.17. The second-order valence-electron chi connectivity index (χ2n) is 7.42. The van der Waals surface area contributed by atoms with Crippen molar-refractivity contribution in [2.75, 3.05) is 13.1 Å². The van der Waals surface area contributed by atoms with E-state index in [-0.39, 0.29) is 5.91 Å². The minimum atomic E-state index is -3.43. The maximum atomic E-state index is 12.7. The van der Waals surface area contributed by atoms with Gasteiger partial charge in [0, 0.05) is 36.1 Å². The minimum Gasteiger partial charge on any atom is -0.348 e. The first-order chi connectivity index (χ1) is 14.0. The average Bonchev–Trinajstić information content (AvgIpc) is 3.10. The van der Waals surface area contributed by atoms with Gasteiger partial charge in [-0.2, -0.15) is 4.31 Å². The van der Waals surface area contributed by atoms with E-state index in [4.69, 9.17) is 0 Å². The van der Waals surface area contributed by atoms with E-state index in [1.165, 1.54) is 0 Å². The Morgan fingerprint density at radius 2 is 1.69 bits per heavy atom. The first-order valence-corrected chi connectivity index (χ1v) is 12.0. The lowest BCUT2D eigenvalue weighted by atomic mass is 10.1. The van der Waals surface area contributed by atoms with Gasteiger partial charge in [0.05, 0.1) is 4.90 Å². The zero-order valence-electron chi connectivity index (χ0n) is 16.0. The number of halogens is 1. The number of sulfonamides is 1. The lowest BCUT2D eigenvalue weighted by Crippen LogP contribution is -2.35. The summed E-state index contributed by atoms with van der Waals surface area (Å²) in [7, 11) is -3.43. The normalized spacial score (nSPS) is 17.3. The molecule has 0 unspecified atom stereocenters. The van der Waals surface area contributed by atoms with Gasteiger partial charge in [0.25, 0.3) is 0 Å². The number of piperidine rings is 1. The number of amides is 1. The first-order valence-electron chi connectivity index (χ1n) is 9.81. The lowest BCUT2D eigenvalue weighted by Gasteiger charge is -2.25. The molecule has 0 aromatic heterocycles. The van der Waals surface area contributed by atoms with Gasteiger partial charge in [0.1, 0.15) is 0 Å². The standard InChI is InChI=1S/C22H23BrN2O3S/c23-21-19-7-3-2-6-17(19)14-20(21)22(26)24-15-16-8-10-18(11-9-16)29(27,28)25-12-4-1-5-13-25/h2-3,6-11H,1,4-5,12-15H2,(H,24,26). The fourth-order valence-electron chi connectivity index (χ4n) is 3.82. The van der Waals surface area contributed by atoms with Crippen LogP contribution >= 0.6 is 15.9 Å². The molecule has 1 saturated heterocycles. The largest absolute Gasteiger partial charge is 0.348 e. The number of hydrogen-bond donors (Lipinski definition) is 1. The number of carbonyl (C=O) groups excluding carboxylic acids is 1. The first kappa shape index (κ1) is 20.3. The lowest BCUT2D eigenvalue weighted by molar-refractivity contribution is -0.117. The highest BCUT2D eigenvalue weighted by Gasteiger charge is 2.26. The van der Waals surface area contributed by atoms with Crippen molar-refractivity contribution in [3.05, 3.63) is 70.8 Å². The summed E-state index contributed by atoms with van der Waals surface area (Å²) in [6, 6.07) is 14.8. The topological polar surface area (TPSA) is 66.5 Å². The number of hydrogen-bond acceptors (Lipinski definition) is 3. The highest BCUT2D eigenvalue weighted by Crippen LogP contribution is 2.36. The van der Waals surface area contributed by atoms with Crippen LogP contribution in [0.1, 0.15) is 36.0 Å². The molecule has 152 valence electrons. The van der Waals surface area contributed by atoms with Gasteiger partial charge in [-0.1, -0.05) is 42.8 Å². The van der Waals surface area contributed by atoms with Gasteiger partial charge >= 0.3 is 0 Å². The molecule has 5 nitrogen and oxygen atoms in total. The molecule has 29 heavy (non-hydrogen) atoms. The third-order valence-electron chi connectivity index (χ3n) is 5.49. The zero-order chi connectivity index (χ0) is 20.4. The number of carbonyl (C=O) groups is 1. The molecule has 1 N–H and O–H groups in total. The smallest absolute Gasteiger partial charge is 0.248 e. The predicted octanol–water partition coefficient (Wildman–Crippen LogP) is 3.84. The molecule has 2 aromatic rings. The van der Waals surface area contributed by atoms with Crippen LogP contribution in [0.4, 0.5) is 0 Å². The molecule has 1 fully saturated rings. The fourth-order valence-corrected chi connectivity index (χ4v) is 6.05. The SMILES string of the molecule is O=C(NCc1ccc(S(=O)(=O)N2CCCCC2)cc1)C1=C(Br)c2ccccc2C1. The molecule has 0 bridgehead atoms. The number of benzene rings is 2. The average molecular weight is 475 g/mol. The molecule has 0 radical (unpaired) electrons. The molecule has 1 amide bonds. The Morgan fingerprint density at radius 1 is 1.00 bits per heavy atom. The summed E-state index contributed by atoms with van der Waals surface area (Å²) in [6.45, 7) is 1.53. The highest BCUT2D eigenvalue weighted by molar-refractivity contribution is 9.15. The summed E-state index contributed by atoms with van der Waals surface area (Å²) >= 11 is 3.55. The van der Waals surface area contributed by atoms with Crippen LogP contribution in [-0.4, -0.2) is 31.7 Å². The van der Waals surface area contributed by atoms with E-state index in [2.05, 4.69) is 21.2 Å². The minimum absolute atomic E-state index is 0.113. The van der Waals surface area contributed by atoms with Crippen molar-refractivity contribution in [1.82, 2.24) is 9.62 Å². The maximum absolute atomic E-state index is 12.7. The number of fused-ring (bicyclic) bond motifs is 1. The third-order valence-corrected chi connectivity index (χ3v) is 8.31. The highest BCUT2D eigenvalue weighted by atomic mass is 79.9. The van der Waals surface area contributed by atoms with Crippen molar-refractivity contribution in [2.24, 2.45) is 0 Å². The van der Waals surface area contributed by atoms with Crippen LogP contribution < -0.4 is 5.32 Å². The molecular formula is C22H23BrN2O3S. The van der Waals surface area contributed by atoms with E-state index < -0.39 is 10.0 Å². The summed E-state index contributed by atoms with van der Waals surface area (Å²) in [6.07, 6.45) is 3.52. The Kier molecular flexibility index (Phi) is 5.90. The molecule has 2 aromatic carbocycles. The Hall–Kier alpha value is -1.96. The number of rotatable bonds is 5. The van der Waals surface area contributed by atoms with Gasteiger partial charge in [-0.3, -0.25) is 4.79 Å². The van der Waals surface area contributed by atoms with E-state index in [9.17, 15) is 13.2 Å². The Bertz CT molecular complexity index is 1060. The van der Waals surface area contributed by atoms with Crippen LogP contribution in [0.3, 0.4) is 0 Å². The second-order valence-corrected chi connectivity index (χ2v) is 10.1. The van der Waals surface area contributed by atoms with E-state index >= 15 is 0 Å². The van der Waals surface area contributed by atoms with Gasteiger partial charge in [0.2, 0.25) is 15.9 Å². The molecule has 1 aliphatic heterocycles. The summed E-state index contributed by atoms with van der Waals surface area (Å²) in [4.78, 5) is 12.9. The van der Waals surface area contributed by atoms with Crippen LogP contribution in [0.5, 0.6) is 0 Å². The molecule has 1 aliphatic carbocycles. The summed E-state index contributed by atoms with van der Waals surface area (Å²) in [5.41, 5.74) is 3.78. The molecule has 0 saturated carbocycles. The van der Waals surface area contributed by atoms with Crippen molar-refractivity contribution in [1.29, 1.82) is 0 Å². The Balaban J connectivity index is 1.40. The quantitative estimate of drug-likeness (QED) is 0.715. The van der Waals surface area contributed by atoms with Gasteiger partial charge in [-0.15, -0.1) is 0 Å². The number of nitrogens with one attached hydrogen (secondary N) is 1. The van der Waals surface area contributed by atoms with E-state index in [1.54, 1.807) is 28.6 Å². The van der Waals surface area contributed by atoms with Crippen molar-refractivity contribution >= 4 is 36.3 Å². The number of nitrogens with zero attached hydrogens (tertiary/aromatic N) is 1. The molecule has 2 aliphatic rings. The van der Waals surface area contributed by atoms with E-state index in [1.807, 2.05) is 24.3 Å². The van der Waals surface area contributed by atoms with Gasteiger partial charge in [-0.05, 0) is 57.6 Å². The van der Waals surface area contributed by atoms with Gasteiger partial charge < -0.3 is 5.32 Å².